The summed E-state index contributed by atoms with van der Waals surface area (Å²) in [7, 11) is 0. The van der Waals surface area contributed by atoms with Gasteiger partial charge in [0.2, 0.25) is 5.91 Å². The predicted octanol–water partition coefficient (Wildman–Crippen LogP) is 3.48. The third-order valence-corrected chi connectivity index (χ3v) is 5.04. The molecule has 0 bridgehead atoms. The van der Waals surface area contributed by atoms with Crippen molar-refractivity contribution in [2.75, 3.05) is 6.61 Å². The van der Waals surface area contributed by atoms with Gasteiger partial charge in [-0.2, -0.15) is 13.2 Å². The molecule has 1 heterocycles. The van der Waals surface area contributed by atoms with Crippen molar-refractivity contribution in [1.82, 2.24) is 15.6 Å². The summed E-state index contributed by atoms with van der Waals surface area (Å²) in [4.78, 5) is 27.7. The van der Waals surface area contributed by atoms with Crippen LogP contribution < -0.4 is 15.4 Å². The quantitative estimate of drug-likeness (QED) is 0.621. The molecule has 2 amide bonds. The number of carbonyl (C=O) groups excluding carboxylic acids is 2. The van der Waals surface area contributed by atoms with Crippen molar-refractivity contribution in [2.45, 2.75) is 31.6 Å². The molecule has 2 aromatic rings. The highest BCUT2D eigenvalue weighted by Crippen LogP contribution is 2.29. The smallest absolute Gasteiger partial charge is 0.417 e. The van der Waals surface area contributed by atoms with E-state index in [2.05, 4.69) is 15.6 Å². The van der Waals surface area contributed by atoms with E-state index >= 15 is 0 Å². The van der Waals surface area contributed by atoms with Gasteiger partial charge in [-0.1, -0.05) is 11.6 Å². The van der Waals surface area contributed by atoms with E-state index in [1.165, 1.54) is 18.2 Å². The first-order valence-electron chi connectivity index (χ1n) is 9.29. The molecule has 3 rings (SSSR count). The number of hydrogen-bond donors (Lipinski definition) is 2. The number of nitrogens with zero attached hydrogens (tertiary/aromatic N) is 1. The van der Waals surface area contributed by atoms with Crippen molar-refractivity contribution >= 4 is 23.4 Å². The zero-order valence-corrected chi connectivity index (χ0v) is 16.8. The number of hydrogen-bond acceptors (Lipinski definition) is 4. The van der Waals surface area contributed by atoms with Crippen LogP contribution in [0.15, 0.2) is 36.5 Å². The third kappa shape index (κ3) is 6.30. The lowest BCUT2D eigenvalue weighted by molar-refractivity contribution is -0.138. The molecular weight excluding hydrogens is 442 g/mol. The van der Waals surface area contributed by atoms with Gasteiger partial charge in [-0.15, -0.1) is 0 Å². The number of carbonyl (C=O) groups is 2. The Kier molecular flexibility index (Phi) is 6.99. The molecule has 2 N–H and O–H groups in total. The summed E-state index contributed by atoms with van der Waals surface area (Å²) in [5, 5.41) is 5.28. The van der Waals surface area contributed by atoms with Crippen LogP contribution in [0.1, 0.15) is 24.1 Å². The molecular formula is C20H18ClF4N3O3. The average molecular weight is 460 g/mol. The van der Waals surface area contributed by atoms with Crippen LogP contribution in [0.5, 0.6) is 5.75 Å². The maximum atomic E-state index is 13.3. The van der Waals surface area contributed by atoms with E-state index in [1.54, 1.807) is 0 Å². The van der Waals surface area contributed by atoms with Crippen molar-refractivity contribution in [3.63, 3.8) is 0 Å². The first-order chi connectivity index (χ1) is 14.6. The summed E-state index contributed by atoms with van der Waals surface area (Å²) in [6, 6.07) is 5.75. The van der Waals surface area contributed by atoms with E-state index in [1.807, 2.05) is 0 Å². The molecule has 1 fully saturated rings. The van der Waals surface area contributed by atoms with E-state index in [0.29, 0.717) is 18.5 Å². The Hall–Kier alpha value is -2.88. The number of pyridine rings is 1. The molecule has 1 aromatic carbocycles. The predicted molar refractivity (Wildman–Crippen MR) is 103 cm³/mol. The Bertz CT molecular complexity index is 948. The maximum absolute atomic E-state index is 13.3. The summed E-state index contributed by atoms with van der Waals surface area (Å²) in [6.45, 7) is -0.302. The molecule has 0 atom stereocenters. The van der Waals surface area contributed by atoms with Crippen molar-refractivity contribution < 1.29 is 31.9 Å². The molecule has 0 radical (unpaired) electrons. The summed E-state index contributed by atoms with van der Waals surface area (Å²) < 4.78 is 56.1. The highest BCUT2D eigenvalue weighted by molar-refractivity contribution is 6.30. The topological polar surface area (TPSA) is 80.3 Å². The molecule has 31 heavy (non-hydrogen) atoms. The van der Waals surface area contributed by atoms with Crippen molar-refractivity contribution in [3.8, 4) is 5.75 Å². The second-order valence-corrected chi connectivity index (χ2v) is 7.46. The van der Waals surface area contributed by atoms with Crippen LogP contribution in [0.2, 0.25) is 5.02 Å². The van der Waals surface area contributed by atoms with Crippen LogP contribution in [-0.4, -0.2) is 29.4 Å². The number of ether oxygens (including phenoxy) is 1. The van der Waals surface area contributed by atoms with Crippen LogP contribution in [0.3, 0.4) is 0 Å². The van der Waals surface area contributed by atoms with Crippen molar-refractivity contribution in [1.29, 1.82) is 0 Å². The first kappa shape index (κ1) is 22.8. The van der Waals surface area contributed by atoms with Gasteiger partial charge in [-0.3, -0.25) is 14.6 Å². The third-order valence-electron chi connectivity index (χ3n) is 4.73. The van der Waals surface area contributed by atoms with Crippen LogP contribution in [0.4, 0.5) is 17.6 Å². The molecule has 1 saturated carbocycles. The van der Waals surface area contributed by atoms with Crippen LogP contribution in [-0.2, 0) is 22.3 Å². The summed E-state index contributed by atoms with van der Waals surface area (Å²) in [5.74, 6) is -1.47. The minimum Gasteiger partial charge on any atom is -0.484 e. The van der Waals surface area contributed by atoms with Crippen molar-refractivity contribution in [2.24, 2.45) is 5.92 Å². The number of amides is 2. The normalized spacial score (nSPS) is 18.1. The Labute approximate surface area is 179 Å². The molecule has 166 valence electrons. The number of alkyl halides is 3. The molecule has 6 nitrogen and oxygen atoms in total. The monoisotopic (exact) mass is 459 g/mol. The van der Waals surface area contributed by atoms with Gasteiger partial charge in [-0.25, -0.2) is 4.39 Å². The lowest BCUT2D eigenvalue weighted by Crippen LogP contribution is -2.50. The fourth-order valence-corrected chi connectivity index (χ4v) is 3.07. The van der Waals surface area contributed by atoms with Gasteiger partial charge < -0.3 is 15.4 Å². The van der Waals surface area contributed by atoms with Gasteiger partial charge in [0.15, 0.2) is 6.61 Å². The SMILES string of the molecule is O=C(COc1ccc(Cl)c(F)c1)N[C@H]1C[C@H](C(=O)NCc2ccc(C(F)(F)F)cn2)C1. The highest BCUT2D eigenvalue weighted by Gasteiger charge is 2.35. The summed E-state index contributed by atoms with van der Waals surface area (Å²) >= 11 is 5.57. The molecule has 1 aliphatic rings. The largest absolute Gasteiger partial charge is 0.484 e. The fraction of sp³-hybridized carbons (Fsp3) is 0.350. The number of halogens is 5. The minimum absolute atomic E-state index is 0.00991. The van der Waals surface area contributed by atoms with Crippen LogP contribution in [0.25, 0.3) is 0 Å². The van der Waals surface area contributed by atoms with E-state index in [9.17, 15) is 27.2 Å². The second-order valence-electron chi connectivity index (χ2n) is 7.05. The molecule has 0 unspecified atom stereocenters. The van der Waals surface area contributed by atoms with Gasteiger partial charge >= 0.3 is 6.18 Å². The van der Waals surface area contributed by atoms with E-state index in [-0.39, 0.29) is 41.8 Å². The van der Waals surface area contributed by atoms with Gasteiger partial charge in [0.05, 0.1) is 22.8 Å². The Morgan fingerprint density at radius 2 is 1.94 bits per heavy atom. The Balaban J connectivity index is 1.35. The number of aromatic nitrogens is 1. The zero-order valence-electron chi connectivity index (χ0n) is 16.0. The number of benzene rings is 1. The zero-order chi connectivity index (χ0) is 22.6. The molecule has 1 aliphatic carbocycles. The number of rotatable bonds is 7. The molecule has 0 saturated heterocycles. The molecule has 11 heteroatoms. The fourth-order valence-electron chi connectivity index (χ4n) is 2.95. The maximum Gasteiger partial charge on any atom is 0.417 e. The van der Waals surface area contributed by atoms with E-state index < -0.39 is 23.5 Å². The van der Waals surface area contributed by atoms with Crippen LogP contribution in [0, 0.1) is 11.7 Å². The first-order valence-corrected chi connectivity index (χ1v) is 9.66. The van der Waals surface area contributed by atoms with Gasteiger partial charge in [0.25, 0.3) is 5.91 Å². The second kappa shape index (κ2) is 9.51. The average Bonchev–Trinajstić information content (AvgIpc) is 2.69. The van der Waals surface area contributed by atoms with Gasteiger partial charge in [0, 0.05) is 24.2 Å². The standard InChI is InChI=1S/C20H18ClF4N3O3/c21-16-4-3-15(7-17(16)22)31-10-18(29)28-14-5-11(6-14)19(30)27-9-13-2-1-12(8-26-13)20(23,24)25/h1-4,7-8,11,14H,5-6,9-10H2,(H,27,30)(H,28,29)/t11-,14-. The summed E-state index contributed by atoms with van der Waals surface area (Å²) in [5.41, 5.74) is -0.549. The number of nitrogens with one attached hydrogen (secondary N) is 2. The van der Waals surface area contributed by atoms with Gasteiger partial charge in [0.1, 0.15) is 11.6 Å². The van der Waals surface area contributed by atoms with Gasteiger partial charge in [-0.05, 0) is 37.1 Å². The van der Waals surface area contributed by atoms with Crippen molar-refractivity contribution in [3.05, 3.63) is 58.6 Å². The Morgan fingerprint density at radius 3 is 2.55 bits per heavy atom. The van der Waals surface area contributed by atoms with Crippen LogP contribution >= 0.6 is 11.6 Å². The Morgan fingerprint density at radius 1 is 1.19 bits per heavy atom. The van der Waals surface area contributed by atoms with E-state index in [0.717, 1.165) is 18.3 Å². The molecule has 1 aromatic heterocycles. The summed E-state index contributed by atoms with van der Waals surface area (Å²) in [6.07, 6.45) is -2.89. The lowest BCUT2D eigenvalue weighted by atomic mass is 9.79. The lowest BCUT2D eigenvalue weighted by Gasteiger charge is -2.34. The molecule has 0 aliphatic heterocycles. The minimum atomic E-state index is -4.46. The van der Waals surface area contributed by atoms with E-state index in [4.69, 9.17) is 16.3 Å². The molecule has 0 spiro atoms. The highest BCUT2D eigenvalue weighted by atomic mass is 35.5.